The summed E-state index contributed by atoms with van der Waals surface area (Å²) in [6.07, 6.45) is 10.9. The Hall–Kier alpha value is -1.03. The second-order valence-electron chi connectivity index (χ2n) is 6.18. The zero-order valence-electron chi connectivity index (χ0n) is 12.8. The lowest BCUT2D eigenvalue weighted by molar-refractivity contribution is -0.129. The maximum atomic E-state index is 11.7. The van der Waals surface area contributed by atoms with E-state index in [1.54, 1.807) is 6.92 Å². The van der Waals surface area contributed by atoms with Crippen LogP contribution in [0.4, 0.5) is 0 Å². The first-order chi connectivity index (χ1) is 10.2. The average Bonchev–Trinajstić information content (AvgIpc) is 2.99. The van der Waals surface area contributed by atoms with E-state index in [2.05, 4.69) is 17.1 Å². The summed E-state index contributed by atoms with van der Waals surface area (Å²) in [4.78, 5) is 18.3. The van der Waals surface area contributed by atoms with Crippen LogP contribution >= 0.6 is 11.8 Å². The average molecular weight is 304 g/mol. The van der Waals surface area contributed by atoms with Gasteiger partial charge in [0, 0.05) is 24.9 Å². The highest BCUT2D eigenvalue weighted by atomic mass is 32.2. The molecule has 114 valence electrons. The molecule has 0 bridgehead atoms. The largest absolute Gasteiger partial charge is 0.336 e. The summed E-state index contributed by atoms with van der Waals surface area (Å²) in [5.41, 5.74) is 1.19. The number of amides is 1. The van der Waals surface area contributed by atoms with Crippen molar-refractivity contribution >= 4 is 17.7 Å². The highest BCUT2D eigenvalue weighted by Crippen LogP contribution is 2.35. The topological polar surface area (TPSA) is 33.2 Å². The maximum Gasteiger partial charge on any atom is 0.219 e. The molecular weight excluding hydrogens is 280 g/mol. The van der Waals surface area contributed by atoms with E-state index < -0.39 is 0 Å². The van der Waals surface area contributed by atoms with Gasteiger partial charge in [0.25, 0.3) is 0 Å². The lowest BCUT2D eigenvalue weighted by Crippen LogP contribution is -2.28. The van der Waals surface area contributed by atoms with E-state index in [1.807, 2.05) is 22.9 Å². The zero-order valence-corrected chi connectivity index (χ0v) is 13.6. The van der Waals surface area contributed by atoms with Gasteiger partial charge >= 0.3 is 0 Å². The minimum absolute atomic E-state index is 0.179. The van der Waals surface area contributed by atoms with Crippen molar-refractivity contribution in [1.29, 1.82) is 0 Å². The number of pyridine rings is 1. The molecule has 21 heavy (non-hydrogen) atoms. The molecule has 2 aliphatic rings. The van der Waals surface area contributed by atoms with Gasteiger partial charge in [0.05, 0.1) is 11.1 Å². The van der Waals surface area contributed by atoms with Gasteiger partial charge in [-0.1, -0.05) is 25.3 Å². The molecular formula is C17H24N2OS. The van der Waals surface area contributed by atoms with E-state index in [-0.39, 0.29) is 11.9 Å². The van der Waals surface area contributed by atoms with Crippen molar-refractivity contribution in [2.24, 2.45) is 0 Å². The number of likely N-dealkylation sites (tertiary alicyclic amines) is 1. The standard InChI is InChI=1S/C17H24N2OS/c1-13(20)19-11-5-8-16(19)14-9-10-17(18-12-14)21-15-6-3-2-4-7-15/h9-10,12,15-16H,2-8,11H2,1H3/t16-/m1/s1. The third kappa shape index (κ3) is 3.60. The monoisotopic (exact) mass is 304 g/mol. The first-order valence-corrected chi connectivity index (χ1v) is 9.02. The normalized spacial score (nSPS) is 23.5. The molecule has 0 spiro atoms. The van der Waals surface area contributed by atoms with E-state index in [4.69, 9.17) is 0 Å². The lowest BCUT2D eigenvalue weighted by atomic mass is 10.0. The molecule has 1 aliphatic carbocycles. The Labute approximate surface area is 131 Å². The van der Waals surface area contributed by atoms with Crippen LogP contribution in [0.5, 0.6) is 0 Å². The van der Waals surface area contributed by atoms with Gasteiger partial charge in [-0.3, -0.25) is 4.79 Å². The van der Waals surface area contributed by atoms with E-state index >= 15 is 0 Å². The van der Waals surface area contributed by atoms with Gasteiger partial charge < -0.3 is 4.90 Å². The molecule has 1 saturated heterocycles. The fourth-order valence-corrected chi connectivity index (χ4v) is 4.67. The van der Waals surface area contributed by atoms with Crippen LogP contribution in [0, 0.1) is 0 Å². The second-order valence-corrected chi connectivity index (χ2v) is 7.50. The molecule has 1 atom stereocenters. The fourth-order valence-electron chi connectivity index (χ4n) is 3.50. The summed E-state index contributed by atoms with van der Waals surface area (Å²) < 4.78 is 0. The van der Waals surface area contributed by atoms with Gasteiger partial charge in [-0.2, -0.15) is 0 Å². The van der Waals surface area contributed by atoms with Gasteiger partial charge in [-0.25, -0.2) is 4.98 Å². The van der Waals surface area contributed by atoms with Crippen molar-refractivity contribution < 1.29 is 4.79 Å². The summed E-state index contributed by atoms with van der Waals surface area (Å²) in [5.74, 6) is 0.179. The molecule has 1 amide bonds. The second kappa shape index (κ2) is 6.82. The smallest absolute Gasteiger partial charge is 0.219 e. The summed E-state index contributed by atoms with van der Waals surface area (Å²) in [5, 5.41) is 1.88. The summed E-state index contributed by atoms with van der Waals surface area (Å²) in [6.45, 7) is 2.55. The summed E-state index contributed by atoms with van der Waals surface area (Å²) in [7, 11) is 0. The molecule has 0 radical (unpaired) electrons. The number of rotatable bonds is 3. The molecule has 1 saturated carbocycles. The number of nitrogens with zero attached hydrogens (tertiary/aromatic N) is 2. The summed E-state index contributed by atoms with van der Waals surface area (Å²) in [6, 6.07) is 4.55. The molecule has 0 aromatic carbocycles. The Morgan fingerprint density at radius 2 is 2.00 bits per heavy atom. The van der Waals surface area contributed by atoms with E-state index in [0.717, 1.165) is 29.7 Å². The number of aromatic nitrogens is 1. The highest BCUT2D eigenvalue weighted by molar-refractivity contribution is 7.99. The third-order valence-electron chi connectivity index (χ3n) is 4.64. The molecule has 3 rings (SSSR count). The SMILES string of the molecule is CC(=O)N1CCC[C@@H]1c1ccc(SC2CCCCC2)nc1. The Morgan fingerprint density at radius 3 is 2.67 bits per heavy atom. The minimum Gasteiger partial charge on any atom is -0.336 e. The first kappa shape index (κ1) is 14.9. The van der Waals surface area contributed by atoms with E-state index in [0.29, 0.717) is 0 Å². The van der Waals surface area contributed by atoms with Crippen LogP contribution in [0.1, 0.15) is 63.5 Å². The predicted molar refractivity (Wildman–Crippen MR) is 86.3 cm³/mol. The Balaban J connectivity index is 1.64. The minimum atomic E-state index is 0.179. The fraction of sp³-hybridized carbons (Fsp3) is 0.647. The van der Waals surface area contributed by atoms with Crippen molar-refractivity contribution in [3.05, 3.63) is 23.9 Å². The van der Waals surface area contributed by atoms with Crippen molar-refractivity contribution in [2.45, 2.75) is 68.2 Å². The van der Waals surface area contributed by atoms with Crippen LogP contribution in [0.3, 0.4) is 0 Å². The van der Waals surface area contributed by atoms with E-state index in [9.17, 15) is 4.79 Å². The quantitative estimate of drug-likeness (QED) is 0.839. The van der Waals surface area contributed by atoms with Gasteiger partial charge in [0.2, 0.25) is 5.91 Å². The number of hydrogen-bond acceptors (Lipinski definition) is 3. The molecule has 1 aromatic heterocycles. The van der Waals surface area contributed by atoms with Gasteiger partial charge in [0.1, 0.15) is 0 Å². The van der Waals surface area contributed by atoms with Crippen molar-refractivity contribution in [2.75, 3.05) is 6.54 Å². The summed E-state index contributed by atoms with van der Waals surface area (Å²) >= 11 is 1.93. The van der Waals surface area contributed by atoms with Gasteiger partial charge in [-0.05, 0) is 37.3 Å². The molecule has 0 N–H and O–H groups in total. The molecule has 2 heterocycles. The Kier molecular flexibility index (Phi) is 4.84. The van der Waals surface area contributed by atoms with Gasteiger partial charge in [0.15, 0.2) is 0 Å². The van der Waals surface area contributed by atoms with E-state index in [1.165, 1.54) is 37.7 Å². The van der Waals surface area contributed by atoms with Crippen molar-refractivity contribution in [1.82, 2.24) is 9.88 Å². The number of hydrogen-bond donors (Lipinski definition) is 0. The van der Waals surface area contributed by atoms with Crippen LogP contribution in [0.15, 0.2) is 23.4 Å². The van der Waals surface area contributed by atoms with Crippen LogP contribution < -0.4 is 0 Å². The number of thioether (sulfide) groups is 1. The van der Waals surface area contributed by atoms with Crippen LogP contribution in [0.25, 0.3) is 0 Å². The molecule has 3 nitrogen and oxygen atoms in total. The molecule has 4 heteroatoms. The lowest BCUT2D eigenvalue weighted by Gasteiger charge is -2.24. The number of carbonyl (C=O) groups excluding carboxylic acids is 1. The van der Waals surface area contributed by atoms with Gasteiger partial charge in [-0.15, -0.1) is 11.8 Å². The highest BCUT2D eigenvalue weighted by Gasteiger charge is 2.28. The van der Waals surface area contributed by atoms with Crippen molar-refractivity contribution in [3.63, 3.8) is 0 Å². The first-order valence-electron chi connectivity index (χ1n) is 8.14. The Morgan fingerprint density at radius 1 is 1.19 bits per heavy atom. The molecule has 2 fully saturated rings. The number of carbonyl (C=O) groups is 1. The molecule has 1 aromatic rings. The van der Waals surface area contributed by atoms with Crippen LogP contribution in [-0.4, -0.2) is 27.6 Å². The zero-order chi connectivity index (χ0) is 14.7. The third-order valence-corrected chi connectivity index (χ3v) is 5.93. The maximum absolute atomic E-state index is 11.7. The predicted octanol–water partition coefficient (Wildman–Crippen LogP) is 4.19. The Bertz CT molecular complexity index is 482. The van der Waals surface area contributed by atoms with Crippen LogP contribution in [-0.2, 0) is 4.79 Å². The molecule has 0 unspecified atom stereocenters. The van der Waals surface area contributed by atoms with Crippen molar-refractivity contribution in [3.8, 4) is 0 Å². The molecule has 1 aliphatic heterocycles. The van der Waals surface area contributed by atoms with Crippen LogP contribution in [0.2, 0.25) is 0 Å².